The minimum Gasteiger partial charge on any atom is -0.355 e. The summed E-state index contributed by atoms with van der Waals surface area (Å²) in [5.41, 5.74) is 1.23. The first-order chi connectivity index (χ1) is 12.8. The number of rotatable bonds is 9. The summed E-state index contributed by atoms with van der Waals surface area (Å²) >= 11 is 3.16. The van der Waals surface area contributed by atoms with Crippen LogP contribution in [0, 0.1) is 0 Å². The van der Waals surface area contributed by atoms with E-state index >= 15 is 0 Å². The average Bonchev–Trinajstić information content (AvgIpc) is 3.31. The Morgan fingerprint density at radius 1 is 1.19 bits per heavy atom. The van der Waals surface area contributed by atoms with E-state index in [0.717, 1.165) is 30.4 Å². The molecule has 2 aromatic heterocycles. The molecule has 7 heteroatoms. The van der Waals surface area contributed by atoms with Crippen molar-refractivity contribution in [1.82, 2.24) is 20.1 Å². The molecule has 2 heterocycles. The van der Waals surface area contributed by atoms with Crippen LogP contribution in [0.25, 0.3) is 0 Å². The minimum atomic E-state index is 0.0244. The van der Waals surface area contributed by atoms with E-state index in [4.69, 9.17) is 0 Å². The molecule has 3 aromatic rings. The zero-order chi connectivity index (χ0) is 18.2. The van der Waals surface area contributed by atoms with Gasteiger partial charge in [-0.15, -0.1) is 21.5 Å². The van der Waals surface area contributed by atoms with Gasteiger partial charge < -0.3 is 9.88 Å². The van der Waals surface area contributed by atoms with Crippen molar-refractivity contribution in [2.45, 2.75) is 31.5 Å². The topological polar surface area (TPSA) is 59.8 Å². The lowest BCUT2D eigenvalue weighted by Gasteiger charge is -2.07. The molecule has 1 N–H and O–H groups in total. The molecular formula is C19H22N4OS2. The maximum absolute atomic E-state index is 12.1. The van der Waals surface area contributed by atoms with Crippen LogP contribution in [0.5, 0.6) is 0 Å². The number of hydrogen-bond donors (Lipinski definition) is 1. The fraction of sp³-hybridized carbons (Fsp3) is 0.316. The van der Waals surface area contributed by atoms with Crippen molar-refractivity contribution in [1.29, 1.82) is 0 Å². The number of benzene rings is 1. The Bertz CT molecular complexity index is 815. The number of thiophene rings is 1. The Morgan fingerprint density at radius 2 is 2.04 bits per heavy atom. The highest BCUT2D eigenvalue weighted by molar-refractivity contribution is 7.99. The first-order valence-electron chi connectivity index (χ1n) is 8.64. The third-order valence-electron chi connectivity index (χ3n) is 3.93. The molecule has 0 fully saturated rings. The normalized spacial score (nSPS) is 10.8. The number of hydrogen-bond acceptors (Lipinski definition) is 5. The molecule has 0 atom stereocenters. The van der Waals surface area contributed by atoms with Crippen LogP contribution in [0.1, 0.15) is 23.2 Å². The molecule has 0 unspecified atom stereocenters. The number of amides is 1. The van der Waals surface area contributed by atoms with Crippen LogP contribution in [0.4, 0.5) is 0 Å². The second-order valence-corrected chi connectivity index (χ2v) is 7.75. The predicted molar refractivity (Wildman–Crippen MR) is 107 cm³/mol. The van der Waals surface area contributed by atoms with Gasteiger partial charge in [0, 0.05) is 24.4 Å². The lowest BCUT2D eigenvalue weighted by atomic mass is 10.1. The summed E-state index contributed by atoms with van der Waals surface area (Å²) < 4.78 is 2.08. The Hall–Kier alpha value is -2.12. The van der Waals surface area contributed by atoms with E-state index in [1.807, 2.05) is 24.3 Å². The molecule has 136 valence electrons. The molecule has 3 rings (SSSR count). The van der Waals surface area contributed by atoms with Gasteiger partial charge in [-0.25, -0.2) is 0 Å². The summed E-state index contributed by atoms with van der Waals surface area (Å²) in [6.07, 6.45) is 1.62. The third-order valence-corrected chi connectivity index (χ3v) is 5.78. The van der Waals surface area contributed by atoms with Crippen LogP contribution >= 0.6 is 23.1 Å². The van der Waals surface area contributed by atoms with Gasteiger partial charge in [-0.2, -0.15) is 0 Å². The molecule has 26 heavy (non-hydrogen) atoms. The number of nitrogens with one attached hydrogen (secondary N) is 1. The maximum Gasteiger partial charge on any atom is 0.230 e. The number of carbonyl (C=O) groups excluding carboxylic acids is 1. The first-order valence-corrected chi connectivity index (χ1v) is 10.5. The Kier molecular flexibility index (Phi) is 6.85. The highest BCUT2D eigenvalue weighted by Crippen LogP contribution is 2.20. The zero-order valence-electron chi connectivity index (χ0n) is 14.7. The smallest absolute Gasteiger partial charge is 0.230 e. The number of thioether (sulfide) groups is 1. The molecule has 0 spiro atoms. The fourth-order valence-electron chi connectivity index (χ4n) is 2.62. The molecule has 0 aliphatic rings. The third kappa shape index (κ3) is 5.19. The van der Waals surface area contributed by atoms with Crippen molar-refractivity contribution in [3.8, 4) is 0 Å². The Labute approximate surface area is 161 Å². The molecular weight excluding hydrogens is 364 g/mol. The van der Waals surface area contributed by atoms with Gasteiger partial charge in [-0.3, -0.25) is 4.79 Å². The molecule has 0 bridgehead atoms. The van der Waals surface area contributed by atoms with Crippen LogP contribution in [0.3, 0.4) is 0 Å². The molecule has 0 aliphatic heterocycles. The summed E-state index contributed by atoms with van der Waals surface area (Å²) in [5.74, 6) is 1.32. The van der Waals surface area contributed by atoms with Crippen LogP contribution < -0.4 is 5.32 Å². The van der Waals surface area contributed by atoms with Crippen LogP contribution in [-0.2, 0) is 24.2 Å². The van der Waals surface area contributed by atoms with Gasteiger partial charge in [-0.1, -0.05) is 48.2 Å². The average molecular weight is 387 g/mol. The summed E-state index contributed by atoms with van der Waals surface area (Å²) in [4.78, 5) is 13.3. The van der Waals surface area contributed by atoms with Gasteiger partial charge >= 0.3 is 0 Å². The van der Waals surface area contributed by atoms with Gasteiger partial charge in [0.1, 0.15) is 5.82 Å². The van der Waals surface area contributed by atoms with E-state index < -0.39 is 0 Å². The van der Waals surface area contributed by atoms with Gasteiger partial charge in [0.2, 0.25) is 5.91 Å². The van der Waals surface area contributed by atoms with E-state index in [0.29, 0.717) is 12.3 Å². The lowest BCUT2D eigenvalue weighted by molar-refractivity contribution is -0.118. The van der Waals surface area contributed by atoms with Gasteiger partial charge in [0.05, 0.1) is 5.75 Å². The van der Waals surface area contributed by atoms with E-state index in [9.17, 15) is 4.79 Å². The largest absolute Gasteiger partial charge is 0.355 e. The number of nitrogens with zero attached hydrogens (tertiary/aromatic N) is 3. The quantitative estimate of drug-likeness (QED) is 0.573. The van der Waals surface area contributed by atoms with Crippen molar-refractivity contribution in [3.63, 3.8) is 0 Å². The highest BCUT2D eigenvalue weighted by atomic mass is 32.2. The second kappa shape index (κ2) is 9.54. The molecule has 1 amide bonds. The number of aromatic nitrogens is 3. The molecule has 0 radical (unpaired) electrons. The lowest BCUT2D eigenvalue weighted by Crippen LogP contribution is -2.27. The van der Waals surface area contributed by atoms with E-state index in [-0.39, 0.29) is 5.91 Å². The zero-order valence-corrected chi connectivity index (χ0v) is 16.4. The van der Waals surface area contributed by atoms with E-state index in [2.05, 4.69) is 50.6 Å². The summed E-state index contributed by atoms with van der Waals surface area (Å²) in [6, 6.07) is 14.3. The summed E-state index contributed by atoms with van der Waals surface area (Å²) in [7, 11) is 0. The van der Waals surface area contributed by atoms with Crippen LogP contribution in [0.15, 0.2) is 53.0 Å². The SMILES string of the molecule is CCn1c(Cc2cccs2)nnc1SCC(=O)NCCc1ccccc1. The predicted octanol–water partition coefficient (Wildman–Crippen LogP) is 3.40. The monoisotopic (exact) mass is 386 g/mol. The van der Waals surface area contributed by atoms with Crippen LogP contribution in [0.2, 0.25) is 0 Å². The highest BCUT2D eigenvalue weighted by Gasteiger charge is 2.13. The second-order valence-electron chi connectivity index (χ2n) is 5.77. The molecule has 1 aromatic carbocycles. The van der Waals surface area contributed by atoms with Crippen molar-refractivity contribution in [3.05, 3.63) is 64.1 Å². The van der Waals surface area contributed by atoms with Crippen molar-refractivity contribution in [2.24, 2.45) is 0 Å². The Balaban J connectivity index is 1.48. The molecule has 0 aliphatic carbocycles. The fourth-order valence-corrected chi connectivity index (χ4v) is 4.17. The molecule has 0 saturated heterocycles. The number of carbonyl (C=O) groups is 1. The first kappa shape index (κ1) is 18.7. The standard InChI is InChI=1S/C19H22N4OS2/c1-2-23-17(13-16-9-6-12-25-16)21-22-19(23)26-14-18(24)20-11-10-15-7-4-3-5-8-15/h3-9,12H,2,10-11,13-14H2,1H3,(H,20,24). The minimum absolute atomic E-state index is 0.0244. The van der Waals surface area contributed by atoms with Gasteiger partial charge in [0.15, 0.2) is 5.16 Å². The van der Waals surface area contributed by atoms with Gasteiger partial charge in [0.25, 0.3) is 0 Å². The van der Waals surface area contributed by atoms with E-state index in [1.54, 1.807) is 11.3 Å². The van der Waals surface area contributed by atoms with Crippen molar-refractivity contribution < 1.29 is 4.79 Å². The van der Waals surface area contributed by atoms with Crippen molar-refractivity contribution in [2.75, 3.05) is 12.3 Å². The summed E-state index contributed by atoms with van der Waals surface area (Å²) in [5, 5.41) is 14.4. The van der Waals surface area contributed by atoms with Gasteiger partial charge in [-0.05, 0) is 30.4 Å². The van der Waals surface area contributed by atoms with Crippen LogP contribution in [-0.4, -0.2) is 33.0 Å². The molecule has 0 saturated carbocycles. The summed E-state index contributed by atoms with van der Waals surface area (Å²) in [6.45, 7) is 3.52. The van der Waals surface area contributed by atoms with Crippen molar-refractivity contribution >= 4 is 29.0 Å². The Morgan fingerprint density at radius 3 is 2.77 bits per heavy atom. The molecule has 5 nitrogen and oxygen atoms in total. The maximum atomic E-state index is 12.1. The van der Waals surface area contributed by atoms with E-state index in [1.165, 1.54) is 22.2 Å².